The molecule has 0 spiro atoms. The Morgan fingerprint density at radius 1 is 1.00 bits per heavy atom. The molecule has 0 saturated heterocycles. The molecule has 0 radical (unpaired) electrons. The zero-order chi connectivity index (χ0) is 15.8. The van der Waals surface area contributed by atoms with Gasteiger partial charge in [-0.15, -0.1) is 0 Å². The molecule has 2 aromatic rings. The zero-order valence-corrected chi connectivity index (χ0v) is 12.5. The number of nitrogens with zero attached hydrogens (tertiary/aromatic N) is 1. The van der Waals surface area contributed by atoms with E-state index in [0.717, 1.165) is 23.4 Å². The largest absolute Gasteiger partial charge is 0.370 e. The molecule has 0 saturated carbocycles. The van der Waals surface area contributed by atoms with Crippen LogP contribution in [0.15, 0.2) is 59.6 Å². The van der Waals surface area contributed by atoms with Crippen molar-refractivity contribution in [1.82, 2.24) is 0 Å². The number of benzene rings is 2. The summed E-state index contributed by atoms with van der Waals surface area (Å²) in [5.41, 5.74) is 8.70. The fraction of sp³-hybridized carbons (Fsp3) is 0.176. The topological polar surface area (TPSA) is 79.5 Å². The van der Waals surface area contributed by atoms with E-state index in [1.54, 1.807) is 0 Å². The molecule has 0 bridgehead atoms. The van der Waals surface area contributed by atoms with E-state index in [1.165, 1.54) is 6.92 Å². The van der Waals surface area contributed by atoms with Crippen LogP contribution < -0.4 is 16.4 Å². The number of aliphatic imine (C=N–C) groups is 1. The van der Waals surface area contributed by atoms with Crippen LogP contribution in [0.3, 0.4) is 0 Å². The minimum absolute atomic E-state index is 0.0721. The summed E-state index contributed by atoms with van der Waals surface area (Å²) in [6.07, 6.45) is 0.789. The molecule has 0 atom stereocenters. The molecule has 0 aliphatic carbocycles. The van der Waals surface area contributed by atoms with Crippen LogP contribution in [0.4, 0.5) is 11.4 Å². The first-order valence-corrected chi connectivity index (χ1v) is 7.12. The normalized spacial score (nSPS) is 11.0. The number of para-hydroxylation sites is 1. The Hall–Kier alpha value is -2.82. The second kappa shape index (κ2) is 7.83. The van der Waals surface area contributed by atoms with Crippen molar-refractivity contribution in [2.45, 2.75) is 13.3 Å². The second-order valence-electron chi connectivity index (χ2n) is 4.89. The molecule has 2 aromatic carbocycles. The fourth-order valence-corrected chi connectivity index (χ4v) is 1.97. The van der Waals surface area contributed by atoms with Crippen LogP contribution in [0.25, 0.3) is 0 Å². The molecule has 0 heterocycles. The van der Waals surface area contributed by atoms with E-state index in [4.69, 9.17) is 5.73 Å². The summed E-state index contributed by atoms with van der Waals surface area (Å²) in [5.74, 6) is 0.332. The monoisotopic (exact) mass is 296 g/mol. The Balaban J connectivity index is 1.82. The number of hydrogen-bond acceptors (Lipinski definition) is 2. The minimum Gasteiger partial charge on any atom is -0.370 e. The maximum Gasteiger partial charge on any atom is 0.221 e. The standard InChI is InChI=1S/C17H20N4O/c1-13(22)20-16-9-7-14(8-10-16)11-12-19-17(18)21-15-5-3-2-4-6-15/h2-10H,11-12H2,1H3,(H,20,22)(H3,18,19,21). The van der Waals surface area contributed by atoms with Gasteiger partial charge in [-0.25, -0.2) is 0 Å². The Kier molecular flexibility index (Phi) is 5.54. The van der Waals surface area contributed by atoms with Crippen molar-refractivity contribution in [3.63, 3.8) is 0 Å². The van der Waals surface area contributed by atoms with Crippen molar-refractivity contribution < 1.29 is 4.79 Å². The third-order valence-corrected chi connectivity index (χ3v) is 3.00. The van der Waals surface area contributed by atoms with Crippen LogP contribution in [0.1, 0.15) is 12.5 Å². The number of carbonyl (C=O) groups excluding carboxylic acids is 1. The summed E-state index contributed by atoms with van der Waals surface area (Å²) in [4.78, 5) is 15.2. The maximum absolute atomic E-state index is 10.9. The second-order valence-corrected chi connectivity index (χ2v) is 4.89. The zero-order valence-electron chi connectivity index (χ0n) is 12.5. The highest BCUT2D eigenvalue weighted by Gasteiger charge is 1.97. The van der Waals surface area contributed by atoms with Crippen LogP contribution in [-0.4, -0.2) is 18.4 Å². The highest BCUT2D eigenvalue weighted by molar-refractivity contribution is 5.92. The first-order chi connectivity index (χ1) is 10.6. The summed E-state index contributed by atoms with van der Waals surface area (Å²) in [6, 6.07) is 17.4. The predicted octanol–water partition coefficient (Wildman–Crippen LogP) is 2.61. The Bertz CT molecular complexity index is 635. The van der Waals surface area contributed by atoms with Gasteiger partial charge in [0, 0.05) is 24.8 Å². The number of guanidine groups is 1. The van der Waals surface area contributed by atoms with Crippen LogP contribution in [0, 0.1) is 0 Å². The first kappa shape index (κ1) is 15.6. The lowest BCUT2D eigenvalue weighted by Crippen LogP contribution is -2.23. The van der Waals surface area contributed by atoms with Gasteiger partial charge in [-0.1, -0.05) is 30.3 Å². The van der Waals surface area contributed by atoms with E-state index >= 15 is 0 Å². The summed E-state index contributed by atoms with van der Waals surface area (Å²) >= 11 is 0. The molecule has 0 unspecified atom stereocenters. The number of anilines is 2. The molecule has 2 rings (SSSR count). The molecule has 0 fully saturated rings. The number of nitrogens with one attached hydrogen (secondary N) is 2. The van der Waals surface area contributed by atoms with Gasteiger partial charge in [0.05, 0.1) is 0 Å². The van der Waals surface area contributed by atoms with Gasteiger partial charge >= 0.3 is 0 Å². The van der Waals surface area contributed by atoms with E-state index in [0.29, 0.717) is 12.5 Å². The number of carbonyl (C=O) groups is 1. The summed E-state index contributed by atoms with van der Waals surface area (Å²) in [5, 5.41) is 5.78. The quantitative estimate of drug-likeness (QED) is 0.586. The third kappa shape index (κ3) is 5.28. The van der Waals surface area contributed by atoms with Gasteiger partial charge in [0.15, 0.2) is 5.96 Å². The van der Waals surface area contributed by atoms with E-state index in [-0.39, 0.29) is 5.91 Å². The summed E-state index contributed by atoms with van der Waals surface area (Å²) in [6.45, 7) is 2.09. The summed E-state index contributed by atoms with van der Waals surface area (Å²) < 4.78 is 0. The van der Waals surface area contributed by atoms with Gasteiger partial charge in [-0.3, -0.25) is 9.79 Å². The molecule has 22 heavy (non-hydrogen) atoms. The van der Waals surface area contributed by atoms with Crippen LogP contribution in [-0.2, 0) is 11.2 Å². The van der Waals surface area contributed by atoms with Gasteiger partial charge in [-0.2, -0.15) is 0 Å². The minimum atomic E-state index is -0.0721. The molecule has 4 N–H and O–H groups in total. The van der Waals surface area contributed by atoms with E-state index in [1.807, 2.05) is 54.6 Å². The van der Waals surface area contributed by atoms with Crippen molar-refractivity contribution in [2.24, 2.45) is 10.7 Å². The van der Waals surface area contributed by atoms with Gasteiger partial charge < -0.3 is 16.4 Å². The van der Waals surface area contributed by atoms with Crippen molar-refractivity contribution in [3.8, 4) is 0 Å². The van der Waals surface area contributed by atoms with Crippen molar-refractivity contribution >= 4 is 23.2 Å². The smallest absolute Gasteiger partial charge is 0.221 e. The molecule has 0 aromatic heterocycles. The molecule has 5 nitrogen and oxygen atoms in total. The van der Waals surface area contributed by atoms with E-state index < -0.39 is 0 Å². The van der Waals surface area contributed by atoms with Crippen LogP contribution in [0.5, 0.6) is 0 Å². The Labute approximate surface area is 130 Å². The predicted molar refractivity (Wildman–Crippen MR) is 91.0 cm³/mol. The van der Waals surface area contributed by atoms with Gasteiger partial charge in [0.25, 0.3) is 0 Å². The molecule has 114 valence electrons. The Morgan fingerprint density at radius 2 is 1.64 bits per heavy atom. The van der Waals surface area contributed by atoms with Crippen LogP contribution in [0.2, 0.25) is 0 Å². The SMILES string of the molecule is CC(=O)Nc1ccc(CCN=C(N)Nc2ccccc2)cc1. The average Bonchev–Trinajstić information content (AvgIpc) is 2.49. The summed E-state index contributed by atoms with van der Waals surface area (Å²) in [7, 11) is 0. The Morgan fingerprint density at radius 3 is 2.27 bits per heavy atom. The molecule has 0 aliphatic rings. The average molecular weight is 296 g/mol. The highest BCUT2D eigenvalue weighted by Crippen LogP contribution is 2.10. The fourth-order valence-electron chi connectivity index (χ4n) is 1.97. The molecular formula is C17H20N4O. The number of nitrogens with two attached hydrogens (primary N) is 1. The van der Waals surface area contributed by atoms with Crippen molar-refractivity contribution in [1.29, 1.82) is 0 Å². The number of amides is 1. The van der Waals surface area contributed by atoms with Gasteiger partial charge in [0.1, 0.15) is 0 Å². The van der Waals surface area contributed by atoms with Gasteiger partial charge in [0.2, 0.25) is 5.91 Å². The van der Waals surface area contributed by atoms with Gasteiger partial charge in [-0.05, 0) is 36.2 Å². The third-order valence-electron chi connectivity index (χ3n) is 3.00. The molecular weight excluding hydrogens is 276 g/mol. The highest BCUT2D eigenvalue weighted by atomic mass is 16.1. The lowest BCUT2D eigenvalue weighted by atomic mass is 10.1. The lowest BCUT2D eigenvalue weighted by molar-refractivity contribution is -0.114. The van der Waals surface area contributed by atoms with Crippen LogP contribution >= 0.6 is 0 Å². The van der Waals surface area contributed by atoms with Crippen molar-refractivity contribution in [3.05, 3.63) is 60.2 Å². The maximum atomic E-state index is 10.9. The van der Waals surface area contributed by atoms with E-state index in [2.05, 4.69) is 15.6 Å². The van der Waals surface area contributed by atoms with Crippen molar-refractivity contribution in [2.75, 3.05) is 17.2 Å². The molecule has 5 heteroatoms. The number of hydrogen-bond donors (Lipinski definition) is 3. The molecule has 0 aliphatic heterocycles. The first-order valence-electron chi connectivity index (χ1n) is 7.12. The number of rotatable bonds is 5. The lowest BCUT2D eigenvalue weighted by Gasteiger charge is -2.06. The molecule has 1 amide bonds. The van der Waals surface area contributed by atoms with E-state index in [9.17, 15) is 4.79 Å².